The summed E-state index contributed by atoms with van der Waals surface area (Å²) in [7, 11) is 1.73. The number of hydrogen-bond acceptors (Lipinski definition) is 2. The Morgan fingerprint density at radius 1 is 1.10 bits per heavy atom. The monoisotopic (exact) mass is 284 g/mol. The summed E-state index contributed by atoms with van der Waals surface area (Å²) >= 11 is 0. The zero-order valence-corrected chi connectivity index (χ0v) is 12.0. The second-order valence-electron chi connectivity index (χ2n) is 4.78. The third-order valence-corrected chi connectivity index (χ3v) is 3.25. The van der Waals surface area contributed by atoms with Gasteiger partial charge < -0.3 is 10.6 Å². The van der Waals surface area contributed by atoms with E-state index in [4.69, 9.17) is 5.73 Å². The highest BCUT2D eigenvalue weighted by molar-refractivity contribution is 5.91. The molecule has 2 N–H and O–H groups in total. The molecule has 4 heteroatoms. The normalized spacial score (nSPS) is 10.8. The van der Waals surface area contributed by atoms with E-state index >= 15 is 0 Å². The van der Waals surface area contributed by atoms with Crippen molar-refractivity contribution in [2.45, 2.75) is 6.92 Å². The van der Waals surface area contributed by atoms with E-state index in [1.807, 2.05) is 36.4 Å². The first-order chi connectivity index (χ1) is 9.97. The van der Waals surface area contributed by atoms with Gasteiger partial charge in [-0.15, -0.1) is 0 Å². The maximum atomic E-state index is 13.3. The van der Waals surface area contributed by atoms with Crippen LogP contribution in [0.15, 0.2) is 42.5 Å². The summed E-state index contributed by atoms with van der Waals surface area (Å²) in [6, 6.07) is 12.2. The van der Waals surface area contributed by atoms with Crippen LogP contribution in [0, 0.1) is 5.82 Å². The third-order valence-electron chi connectivity index (χ3n) is 3.25. The minimum Gasteiger partial charge on any atom is -0.396 e. The zero-order valence-electron chi connectivity index (χ0n) is 12.0. The molecule has 0 saturated heterocycles. The average Bonchev–Trinajstić information content (AvgIpc) is 2.48. The second kappa shape index (κ2) is 6.22. The van der Waals surface area contributed by atoms with Gasteiger partial charge in [-0.1, -0.05) is 30.4 Å². The molecule has 1 amide bonds. The number of amides is 1. The Morgan fingerprint density at radius 3 is 2.24 bits per heavy atom. The Hall–Kier alpha value is -2.62. The molecule has 0 bridgehead atoms. The summed E-state index contributed by atoms with van der Waals surface area (Å²) < 4.78 is 13.3. The fraction of sp³-hybridized carbons (Fsp3) is 0.118. The van der Waals surface area contributed by atoms with E-state index < -0.39 is 5.82 Å². The molecule has 0 fully saturated rings. The number of benzene rings is 2. The highest BCUT2D eigenvalue weighted by Crippen LogP contribution is 2.17. The van der Waals surface area contributed by atoms with E-state index in [1.54, 1.807) is 24.1 Å². The minimum atomic E-state index is -0.421. The number of carbonyl (C=O) groups is 1. The maximum Gasteiger partial charge on any atom is 0.223 e. The van der Waals surface area contributed by atoms with Crippen molar-refractivity contribution < 1.29 is 9.18 Å². The number of nitrogens with two attached hydrogens (primary N) is 1. The highest BCUT2D eigenvalue weighted by atomic mass is 19.1. The summed E-state index contributed by atoms with van der Waals surface area (Å²) in [5.41, 5.74) is 8.12. The number of hydrogen-bond donors (Lipinski definition) is 1. The van der Waals surface area contributed by atoms with Gasteiger partial charge in [-0.3, -0.25) is 4.79 Å². The van der Waals surface area contributed by atoms with Crippen LogP contribution >= 0.6 is 0 Å². The maximum absolute atomic E-state index is 13.3. The van der Waals surface area contributed by atoms with E-state index in [-0.39, 0.29) is 11.6 Å². The van der Waals surface area contributed by atoms with Crippen LogP contribution in [0.2, 0.25) is 0 Å². The molecular formula is C17H17FN2O. The summed E-state index contributed by atoms with van der Waals surface area (Å²) in [5.74, 6) is -0.439. The smallest absolute Gasteiger partial charge is 0.223 e. The van der Waals surface area contributed by atoms with Crippen molar-refractivity contribution in [2.24, 2.45) is 0 Å². The molecular weight excluding hydrogens is 267 g/mol. The molecule has 0 aliphatic carbocycles. The predicted molar refractivity (Wildman–Crippen MR) is 85.3 cm³/mol. The van der Waals surface area contributed by atoms with Gasteiger partial charge in [0.25, 0.3) is 0 Å². The lowest BCUT2D eigenvalue weighted by atomic mass is 10.1. The molecule has 0 heterocycles. The molecule has 3 nitrogen and oxygen atoms in total. The lowest BCUT2D eigenvalue weighted by Crippen LogP contribution is -2.22. The van der Waals surface area contributed by atoms with Crippen LogP contribution < -0.4 is 10.6 Å². The summed E-state index contributed by atoms with van der Waals surface area (Å²) in [6.45, 7) is 1.52. The molecule has 0 spiro atoms. The van der Waals surface area contributed by atoms with Gasteiger partial charge in [0.15, 0.2) is 0 Å². The standard InChI is InChI=1S/C17H17FN2O/c1-12(21)20(2)15-8-5-13(6-9-15)3-4-14-7-10-17(19)16(18)11-14/h3-11H,19H2,1-2H3/b4-3+. The molecule has 0 aliphatic heterocycles. The molecule has 2 aromatic rings. The molecule has 0 aliphatic rings. The molecule has 21 heavy (non-hydrogen) atoms. The quantitative estimate of drug-likeness (QED) is 0.692. The van der Waals surface area contributed by atoms with Gasteiger partial charge >= 0.3 is 0 Å². The van der Waals surface area contributed by atoms with E-state index in [9.17, 15) is 9.18 Å². The summed E-state index contributed by atoms with van der Waals surface area (Å²) in [6.07, 6.45) is 3.69. The summed E-state index contributed by atoms with van der Waals surface area (Å²) in [4.78, 5) is 12.8. The Kier molecular flexibility index (Phi) is 4.38. The van der Waals surface area contributed by atoms with Crippen molar-refractivity contribution >= 4 is 29.4 Å². The SMILES string of the molecule is CC(=O)N(C)c1ccc(/C=C/c2ccc(N)c(F)c2)cc1. The van der Waals surface area contributed by atoms with Crippen LogP contribution in [-0.2, 0) is 4.79 Å². The number of nitrogen functional groups attached to an aromatic ring is 1. The fourth-order valence-corrected chi connectivity index (χ4v) is 1.83. The molecule has 0 atom stereocenters. The average molecular weight is 284 g/mol. The molecule has 2 aromatic carbocycles. The first-order valence-corrected chi connectivity index (χ1v) is 6.55. The van der Waals surface area contributed by atoms with Crippen molar-refractivity contribution in [3.8, 4) is 0 Å². The van der Waals surface area contributed by atoms with Gasteiger partial charge in [0, 0.05) is 19.7 Å². The minimum absolute atomic E-state index is 0.0179. The van der Waals surface area contributed by atoms with Crippen LogP contribution in [0.3, 0.4) is 0 Å². The largest absolute Gasteiger partial charge is 0.396 e. The Morgan fingerprint density at radius 2 is 1.67 bits per heavy atom. The van der Waals surface area contributed by atoms with E-state index in [1.165, 1.54) is 13.0 Å². The number of carbonyl (C=O) groups excluding carboxylic acids is 1. The van der Waals surface area contributed by atoms with Crippen molar-refractivity contribution in [3.63, 3.8) is 0 Å². The van der Waals surface area contributed by atoms with E-state index in [0.29, 0.717) is 0 Å². The lowest BCUT2D eigenvalue weighted by Gasteiger charge is -2.14. The Balaban J connectivity index is 2.14. The van der Waals surface area contributed by atoms with Crippen LogP contribution in [0.1, 0.15) is 18.1 Å². The van der Waals surface area contributed by atoms with Gasteiger partial charge in [-0.05, 0) is 35.4 Å². The van der Waals surface area contributed by atoms with Gasteiger partial charge in [-0.25, -0.2) is 4.39 Å². The predicted octanol–water partition coefficient (Wildman–Crippen LogP) is 3.56. The number of rotatable bonds is 3. The first kappa shape index (κ1) is 14.8. The fourth-order valence-electron chi connectivity index (χ4n) is 1.83. The first-order valence-electron chi connectivity index (χ1n) is 6.55. The Bertz CT molecular complexity index is 678. The Labute approximate surface area is 123 Å². The summed E-state index contributed by atoms with van der Waals surface area (Å²) in [5, 5.41) is 0. The molecule has 0 radical (unpaired) electrons. The van der Waals surface area contributed by atoms with Gasteiger partial charge in [-0.2, -0.15) is 0 Å². The van der Waals surface area contributed by atoms with Crippen molar-refractivity contribution in [1.29, 1.82) is 0 Å². The highest BCUT2D eigenvalue weighted by Gasteiger charge is 2.04. The molecule has 108 valence electrons. The number of nitrogens with zero attached hydrogens (tertiary/aromatic N) is 1. The molecule has 0 unspecified atom stereocenters. The molecule has 2 rings (SSSR count). The second-order valence-corrected chi connectivity index (χ2v) is 4.78. The molecule has 0 aromatic heterocycles. The van der Waals surface area contributed by atoms with Crippen molar-refractivity contribution in [1.82, 2.24) is 0 Å². The topological polar surface area (TPSA) is 46.3 Å². The van der Waals surface area contributed by atoms with E-state index in [2.05, 4.69) is 0 Å². The van der Waals surface area contributed by atoms with Gasteiger partial charge in [0.2, 0.25) is 5.91 Å². The van der Waals surface area contributed by atoms with Crippen LogP contribution in [0.5, 0.6) is 0 Å². The number of halogens is 1. The van der Waals surface area contributed by atoms with Crippen molar-refractivity contribution in [3.05, 3.63) is 59.4 Å². The lowest BCUT2D eigenvalue weighted by molar-refractivity contribution is -0.116. The third kappa shape index (κ3) is 3.69. The van der Waals surface area contributed by atoms with Crippen LogP contribution in [-0.4, -0.2) is 13.0 Å². The van der Waals surface area contributed by atoms with Crippen molar-refractivity contribution in [2.75, 3.05) is 17.7 Å². The van der Waals surface area contributed by atoms with Crippen LogP contribution in [0.4, 0.5) is 15.8 Å². The van der Waals surface area contributed by atoms with Gasteiger partial charge in [0.05, 0.1) is 5.69 Å². The number of anilines is 2. The van der Waals surface area contributed by atoms with Gasteiger partial charge in [0.1, 0.15) is 5.82 Å². The van der Waals surface area contributed by atoms with E-state index in [0.717, 1.165) is 16.8 Å². The molecule has 0 saturated carbocycles. The zero-order chi connectivity index (χ0) is 15.4. The van der Waals surface area contributed by atoms with Crippen LogP contribution in [0.25, 0.3) is 12.2 Å².